The maximum absolute atomic E-state index is 12.9. The number of sulfonamides is 1. The molecule has 0 aromatic heterocycles. The lowest BCUT2D eigenvalue weighted by atomic mass is 9.78. The van der Waals surface area contributed by atoms with E-state index in [-0.39, 0.29) is 18.0 Å². The van der Waals surface area contributed by atoms with E-state index in [1.54, 1.807) is 12.1 Å². The second-order valence-corrected chi connectivity index (χ2v) is 10.7. The zero-order valence-corrected chi connectivity index (χ0v) is 18.9. The molecule has 2 aliphatic rings. The van der Waals surface area contributed by atoms with Crippen LogP contribution in [0.15, 0.2) is 29.2 Å². The fourth-order valence-electron chi connectivity index (χ4n) is 4.45. The summed E-state index contributed by atoms with van der Waals surface area (Å²) >= 11 is 0. The van der Waals surface area contributed by atoms with Crippen LogP contribution in [0.2, 0.25) is 0 Å². The number of rotatable bonds is 5. The van der Waals surface area contributed by atoms with E-state index < -0.39 is 10.0 Å². The van der Waals surface area contributed by atoms with Crippen molar-refractivity contribution in [3.63, 3.8) is 0 Å². The summed E-state index contributed by atoms with van der Waals surface area (Å²) in [6.07, 6.45) is 3.45. The van der Waals surface area contributed by atoms with Gasteiger partial charge in [0.05, 0.1) is 10.9 Å². The molecule has 0 bridgehead atoms. The molecule has 6 nitrogen and oxygen atoms in total. The van der Waals surface area contributed by atoms with Crippen LogP contribution in [0.4, 0.5) is 0 Å². The Bertz CT molecular complexity index is 801. The van der Waals surface area contributed by atoms with Crippen molar-refractivity contribution in [3.05, 3.63) is 29.8 Å². The molecule has 4 atom stereocenters. The van der Waals surface area contributed by atoms with Crippen LogP contribution in [-0.2, 0) is 14.8 Å². The predicted molar refractivity (Wildman–Crippen MR) is 115 cm³/mol. The molecule has 1 aromatic carbocycles. The minimum absolute atomic E-state index is 0.0609. The maximum atomic E-state index is 12.9. The van der Waals surface area contributed by atoms with Crippen LogP contribution in [0, 0.1) is 18.8 Å². The summed E-state index contributed by atoms with van der Waals surface area (Å²) in [7, 11) is -3.48. The Morgan fingerprint density at radius 3 is 2.31 bits per heavy atom. The fourth-order valence-corrected chi connectivity index (χ4v) is 5.87. The number of piperazine rings is 1. The SMILES string of the molecule is Cc1ccc(S(=O)(=O)N2CCN([C@H](C)C(=O)N[C@H]3CCC[C@H](C)[C@@H]3C)CC2)cc1. The first-order chi connectivity index (χ1) is 13.7. The third kappa shape index (κ3) is 5.01. The summed E-state index contributed by atoms with van der Waals surface area (Å²) in [6, 6.07) is 6.98. The molecule has 1 aromatic rings. The van der Waals surface area contributed by atoms with E-state index in [0.29, 0.717) is 42.9 Å². The van der Waals surface area contributed by atoms with E-state index in [1.807, 2.05) is 26.0 Å². The molecule has 1 saturated carbocycles. The number of nitrogens with zero attached hydrogens (tertiary/aromatic N) is 2. The van der Waals surface area contributed by atoms with Gasteiger partial charge in [0.15, 0.2) is 0 Å². The lowest BCUT2D eigenvalue weighted by Crippen LogP contribution is -2.56. The third-order valence-electron chi connectivity index (χ3n) is 6.89. The van der Waals surface area contributed by atoms with Crippen molar-refractivity contribution >= 4 is 15.9 Å². The number of nitrogens with one attached hydrogen (secondary N) is 1. The van der Waals surface area contributed by atoms with Gasteiger partial charge in [-0.25, -0.2) is 8.42 Å². The number of hydrogen-bond acceptors (Lipinski definition) is 4. The van der Waals surface area contributed by atoms with E-state index in [4.69, 9.17) is 0 Å². The van der Waals surface area contributed by atoms with Gasteiger partial charge in [-0.1, -0.05) is 44.4 Å². The Balaban J connectivity index is 1.55. The molecule has 0 radical (unpaired) electrons. The number of benzene rings is 1. The Morgan fingerprint density at radius 2 is 1.69 bits per heavy atom. The molecule has 0 unspecified atom stereocenters. The van der Waals surface area contributed by atoms with Crippen molar-refractivity contribution < 1.29 is 13.2 Å². The van der Waals surface area contributed by atoms with E-state index in [2.05, 4.69) is 24.1 Å². The van der Waals surface area contributed by atoms with Crippen molar-refractivity contribution in [1.29, 1.82) is 0 Å². The average Bonchev–Trinajstić information content (AvgIpc) is 2.71. The summed E-state index contributed by atoms with van der Waals surface area (Å²) in [6.45, 7) is 10.3. The van der Waals surface area contributed by atoms with Crippen LogP contribution >= 0.6 is 0 Å². The monoisotopic (exact) mass is 421 g/mol. The van der Waals surface area contributed by atoms with Crippen LogP contribution in [0.1, 0.15) is 45.6 Å². The minimum Gasteiger partial charge on any atom is -0.352 e. The molecule has 1 N–H and O–H groups in total. The van der Waals surface area contributed by atoms with Crippen molar-refractivity contribution in [3.8, 4) is 0 Å². The molecule has 1 heterocycles. The number of carbonyl (C=O) groups excluding carboxylic acids is 1. The van der Waals surface area contributed by atoms with Gasteiger partial charge in [0.2, 0.25) is 15.9 Å². The zero-order valence-electron chi connectivity index (χ0n) is 18.1. The minimum atomic E-state index is -3.48. The molecule has 7 heteroatoms. The van der Waals surface area contributed by atoms with E-state index in [9.17, 15) is 13.2 Å². The summed E-state index contributed by atoms with van der Waals surface area (Å²) in [5.74, 6) is 1.20. The molecule has 3 rings (SSSR count). The topological polar surface area (TPSA) is 69.7 Å². The lowest BCUT2D eigenvalue weighted by molar-refractivity contribution is -0.127. The normalized spacial score (nSPS) is 28.1. The van der Waals surface area contributed by atoms with Crippen LogP contribution in [-0.4, -0.2) is 61.8 Å². The van der Waals surface area contributed by atoms with E-state index >= 15 is 0 Å². The smallest absolute Gasteiger partial charge is 0.243 e. The molecule has 29 heavy (non-hydrogen) atoms. The van der Waals surface area contributed by atoms with E-state index in [1.165, 1.54) is 17.1 Å². The Kier molecular flexibility index (Phi) is 7.02. The van der Waals surface area contributed by atoms with Gasteiger partial charge >= 0.3 is 0 Å². The Morgan fingerprint density at radius 1 is 1.07 bits per heavy atom. The molecule has 1 aliphatic heterocycles. The summed E-state index contributed by atoms with van der Waals surface area (Å²) < 4.78 is 27.3. The molecule has 2 fully saturated rings. The zero-order chi connectivity index (χ0) is 21.2. The third-order valence-corrected chi connectivity index (χ3v) is 8.81. The van der Waals surface area contributed by atoms with Crippen LogP contribution in [0.5, 0.6) is 0 Å². The van der Waals surface area contributed by atoms with Crippen LogP contribution < -0.4 is 5.32 Å². The highest BCUT2D eigenvalue weighted by Crippen LogP contribution is 2.29. The van der Waals surface area contributed by atoms with Gasteiger partial charge in [0.1, 0.15) is 0 Å². The van der Waals surface area contributed by atoms with Gasteiger partial charge < -0.3 is 5.32 Å². The van der Waals surface area contributed by atoms with Gasteiger partial charge in [-0.05, 0) is 44.2 Å². The number of amides is 1. The first kappa shape index (κ1) is 22.2. The second-order valence-electron chi connectivity index (χ2n) is 8.81. The first-order valence-corrected chi connectivity index (χ1v) is 12.3. The van der Waals surface area contributed by atoms with Crippen molar-refractivity contribution in [1.82, 2.24) is 14.5 Å². The van der Waals surface area contributed by atoms with Gasteiger partial charge in [0, 0.05) is 32.2 Å². The van der Waals surface area contributed by atoms with Gasteiger partial charge in [-0.15, -0.1) is 0 Å². The second kappa shape index (κ2) is 9.14. The quantitative estimate of drug-likeness (QED) is 0.794. The molecule has 162 valence electrons. The highest BCUT2D eigenvalue weighted by Gasteiger charge is 2.34. The van der Waals surface area contributed by atoms with E-state index in [0.717, 1.165) is 12.0 Å². The van der Waals surface area contributed by atoms with Gasteiger partial charge in [-0.2, -0.15) is 4.31 Å². The summed E-state index contributed by atoms with van der Waals surface area (Å²) in [5.41, 5.74) is 1.04. The predicted octanol–water partition coefficient (Wildman–Crippen LogP) is 2.63. The molecule has 1 saturated heterocycles. The number of carbonyl (C=O) groups is 1. The van der Waals surface area contributed by atoms with Crippen molar-refractivity contribution in [2.24, 2.45) is 11.8 Å². The van der Waals surface area contributed by atoms with Crippen molar-refractivity contribution in [2.45, 2.75) is 63.9 Å². The largest absolute Gasteiger partial charge is 0.352 e. The summed E-state index contributed by atoms with van der Waals surface area (Å²) in [5, 5.41) is 3.26. The Hall–Kier alpha value is -1.44. The molecular weight excluding hydrogens is 386 g/mol. The van der Waals surface area contributed by atoms with Gasteiger partial charge in [0.25, 0.3) is 0 Å². The van der Waals surface area contributed by atoms with Crippen LogP contribution in [0.25, 0.3) is 0 Å². The highest BCUT2D eigenvalue weighted by molar-refractivity contribution is 7.89. The molecule has 1 amide bonds. The van der Waals surface area contributed by atoms with Crippen LogP contribution in [0.3, 0.4) is 0 Å². The lowest BCUT2D eigenvalue weighted by Gasteiger charge is -2.39. The molecule has 1 aliphatic carbocycles. The van der Waals surface area contributed by atoms with Gasteiger partial charge in [-0.3, -0.25) is 9.69 Å². The maximum Gasteiger partial charge on any atom is 0.243 e. The molecule has 0 spiro atoms. The number of hydrogen-bond donors (Lipinski definition) is 1. The average molecular weight is 422 g/mol. The first-order valence-electron chi connectivity index (χ1n) is 10.8. The molecular formula is C22H35N3O3S. The van der Waals surface area contributed by atoms with Crippen molar-refractivity contribution in [2.75, 3.05) is 26.2 Å². The standard InChI is InChI=1S/C22H35N3O3S/c1-16-8-10-20(11-9-16)29(27,28)25-14-12-24(13-15-25)19(4)22(26)23-21-7-5-6-17(2)18(21)3/h8-11,17-19,21H,5-7,12-15H2,1-4H3,(H,23,26)/t17-,18-,19+,21-/m0/s1. The summed E-state index contributed by atoms with van der Waals surface area (Å²) in [4.78, 5) is 15.2. The Labute approximate surface area is 175 Å². The highest BCUT2D eigenvalue weighted by atomic mass is 32.2. The number of aryl methyl sites for hydroxylation is 1. The fraction of sp³-hybridized carbons (Fsp3) is 0.682.